The summed E-state index contributed by atoms with van der Waals surface area (Å²) in [7, 11) is 0. The maximum Gasteiger partial charge on any atom is 0.220 e. The first kappa shape index (κ1) is 16.6. The van der Waals surface area contributed by atoms with E-state index in [1.165, 1.54) is 0 Å². The summed E-state index contributed by atoms with van der Waals surface area (Å²) in [4.78, 5) is 11.8. The van der Waals surface area contributed by atoms with Crippen molar-refractivity contribution in [3.05, 3.63) is 33.8 Å². The SMILES string of the molecule is O=C(CCC1CCNC1)NCC(O)c1c(Cl)cccc1Cl. The van der Waals surface area contributed by atoms with Crippen LogP contribution in [0.25, 0.3) is 0 Å². The second-order valence-electron chi connectivity index (χ2n) is 5.35. The molecule has 1 aromatic rings. The van der Waals surface area contributed by atoms with Crippen LogP contribution in [0, 0.1) is 5.92 Å². The van der Waals surface area contributed by atoms with Gasteiger partial charge in [-0.05, 0) is 44.0 Å². The van der Waals surface area contributed by atoms with E-state index in [0.29, 0.717) is 27.9 Å². The van der Waals surface area contributed by atoms with Crippen LogP contribution in [-0.4, -0.2) is 30.6 Å². The summed E-state index contributed by atoms with van der Waals surface area (Å²) in [6.45, 7) is 2.15. The van der Waals surface area contributed by atoms with Gasteiger partial charge in [-0.3, -0.25) is 4.79 Å². The summed E-state index contributed by atoms with van der Waals surface area (Å²) in [6, 6.07) is 5.05. The standard InChI is InChI=1S/C15H20Cl2N2O2/c16-11-2-1-3-12(17)15(11)13(20)9-19-14(21)5-4-10-6-7-18-8-10/h1-3,10,13,18,20H,4-9H2,(H,19,21). The lowest BCUT2D eigenvalue weighted by molar-refractivity contribution is -0.121. The molecule has 1 aromatic carbocycles. The Hall–Kier alpha value is -0.810. The maximum atomic E-state index is 11.8. The minimum absolute atomic E-state index is 0.0517. The van der Waals surface area contributed by atoms with Crippen LogP contribution in [0.2, 0.25) is 10.0 Å². The Morgan fingerprint density at radius 1 is 1.43 bits per heavy atom. The van der Waals surface area contributed by atoms with Crippen molar-refractivity contribution < 1.29 is 9.90 Å². The topological polar surface area (TPSA) is 61.4 Å². The molecule has 0 saturated carbocycles. The molecule has 3 N–H and O–H groups in total. The highest BCUT2D eigenvalue weighted by molar-refractivity contribution is 6.36. The van der Waals surface area contributed by atoms with E-state index in [2.05, 4.69) is 10.6 Å². The number of nitrogens with one attached hydrogen (secondary N) is 2. The van der Waals surface area contributed by atoms with Crippen molar-refractivity contribution >= 4 is 29.1 Å². The predicted molar refractivity (Wildman–Crippen MR) is 84.6 cm³/mol. The van der Waals surface area contributed by atoms with Gasteiger partial charge in [0.15, 0.2) is 0 Å². The van der Waals surface area contributed by atoms with Crippen molar-refractivity contribution in [3.8, 4) is 0 Å². The van der Waals surface area contributed by atoms with Crippen LogP contribution in [-0.2, 0) is 4.79 Å². The van der Waals surface area contributed by atoms with E-state index in [1.54, 1.807) is 18.2 Å². The van der Waals surface area contributed by atoms with Crippen molar-refractivity contribution in [2.45, 2.75) is 25.4 Å². The summed E-state index contributed by atoms with van der Waals surface area (Å²) < 4.78 is 0. The van der Waals surface area contributed by atoms with E-state index < -0.39 is 6.10 Å². The normalized spacial score (nSPS) is 19.5. The highest BCUT2D eigenvalue weighted by Crippen LogP contribution is 2.29. The lowest BCUT2D eigenvalue weighted by atomic mass is 10.0. The van der Waals surface area contributed by atoms with Gasteiger partial charge in [-0.1, -0.05) is 29.3 Å². The molecule has 0 radical (unpaired) electrons. The molecule has 1 saturated heterocycles. The van der Waals surface area contributed by atoms with Gasteiger partial charge in [0, 0.05) is 28.6 Å². The molecule has 1 aliphatic rings. The number of aliphatic hydroxyl groups is 1. The molecule has 21 heavy (non-hydrogen) atoms. The lowest BCUT2D eigenvalue weighted by Gasteiger charge is -2.15. The Bertz CT molecular complexity index is 470. The fraction of sp³-hybridized carbons (Fsp3) is 0.533. The highest BCUT2D eigenvalue weighted by Gasteiger charge is 2.18. The minimum Gasteiger partial charge on any atom is -0.386 e. The highest BCUT2D eigenvalue weighted by atomic mass is 35.5. The zero-order valence-corrected chi connectivity index (χ0v) is 13.3. The van der Waals surface area contributed by atoms with Gasteiger partial charge in [0.25, 0.3) is 0 Å². The molecule has 0 spiro atoms. The van der Waals surface area contributed by atoms with Crippen molar-refractivity contribution in [2.24, 2.45) is 5.92 Å². The number of carbonyl (C=O) groups excluding carboxylic acids is 1. The monoisotopic (exact) mass is 330 g/mol. The zero-order chi connectivity index (χ0) is 15.2. The average molecular weight is 331 g/mol. The second kappa shape index (κ2) is 7.99. The minimum atomic E-state index is -0.900. The number of aliphatic hydroxyl groups excluding tert-OH is 1. The fourth-order valence-electron chi connectivity index (χ4n) is 2.53. The lowest BCUT2D eigenvalue weighted by Crippen LogP contribution is -2.29. The molecule has 0 aromatic heterocycles. The molecule has 2 atom stereocenters. The van der Waals surface area contributed by atoms with Crippen LogP contribution in [0.1, 0.15) is 30.9 Å². The van der Waals surface area contributed by atoms with E-state index in [0.717, 1.165) is 25.9 Å². The van der Waals surface area contributed by atoms with Gasteiger partial charge in [0.1, 0.15) is 0 Å². The van der Waals surface area contributed by atoms with Gasteiger partial charge in [-0.15, -0.1) is 0 Å². The summed E-state index contributed by atoms with van der Waals surface area (Å²) in [5.74, 6) is 0.530. The van der Waals surface area contributed by atoms with Crippen LogP contribution in [0.4, 0.5) is 0 Å². The Kier molecular flexibility index (Phi) is 6.30. The summed E-state index contributed by atoms with van der Waals surface area (Å²) in [5.41, 5.74) is 0.459. The third-order valence-corrected chi connectivity index (χ3v) is 4.43. The molecule has 2 rings (SSSR count). The molecular weight excluding hydrogens is 311 g/mol. The number of carbonyl (C=O) groups is 1. The smallest absolute Gasteiger partial charge is 0.220 e. The molecule has 1 heterocycles. The average Bonchev–Trinajstić information content (AvgIpc) is 2.96. The Balaban J connectivity index is 1.77. The van der Waals surface area contributed by atoms with Gasteiger partial charge in [-0.25, -0.2) is 0 Å². The molecule has 116 valence electrons. The van der Waals surface area contributed by atoms with Crippen molar-refractivity contribution in [3.63, 3.8) is 0 Å². The molecular formula is C15H20Cl2N2O2. The van der Waals surface area contributed by atoms with Gasteiger partial charge >= 0.3 is 0 Å². The van der Waals surface area contributed by atoms with E-state index in [-0.39, 0.29) is 12.5 Å². The number of amides is 1. The first-order chi connectivity index (χ1) is 10.1. The van der Waals surface area contributed by atoms with Crippen molar-refractivity contribution in [1.29, 1.82) is 0 Å². The van der Waals surface area contributed by atoms with Crippen molar-refractivity contribution in [1.82, 2.24) is 10.6 Å². The van der Waals surface area contributed by atoms with Crippen LogP contribution in [0.15, 0.2) is 18.2 Å². The number of rotatable bonds is 6. The quantitative estimate of drug-likeness (QED) is 0.751. The predicted octanol–water partition coefficient (Wildman–Crippen LogP) is 2.53. The summed E-state index contributed by atoms with van der Waals surface area (Å²) >= 11 is 12.0. The molecule has 0 aliphatic carbocycles. The second-order valence-corrected chi connectivity index (χ2v) is 6.17. The fourth-order valence-corrected chi connectivity index (χ4v) is 3.18. The number of hydrogen-bond donors (Lipinski definition) is 3. The Morgan fingerprint density at radius 3 is 2.76 bits per heavy atom. The first-order valence-electron chi connectivity index (χ1n) is 7.17. The molecule has 2 unspecified atom stereocenters. The van der Waals surface area contributed by atoms with Crippen LogP contribution >= 0.6 is 23.2 Å². The van der Waals surface area contributed by atoms with Gasteiger partial charge in [0.2, 0.25) is 5.91 Å². The molecule has 6 heteroatoms. The van der Waals surface area contributed by atoms with E-state index >= 15 is 0 Å². The van der Waals surface area contributed by atoms with Crippen LogP contribution in [0.3, 0.4) is 0 Å². The van der Waals surface area contributed by atoms with Gasteiger partial charge in [0.05, 0.1) is 6.10 Å². The zero-order valence-electron chi connectivity index (χ0n) is 11.7. The number of benzene rings is 1. The van der Waals surface area contributed by atoms with Gasteiger partial charge in [-0.2, -0.15) is 0 Å². The number of hydrogen-bond acceptors (Lipinski definition) is 3. The van der Waals surface area contributed by atoms with E-state index in [1.807, 2.05) is 0 Å². The summed E-state index contributed by atoms with van der Waals surface area (Å²) in [6.07, 6.45) is 1.59. The third-order valence-electron chi connectivity index (χ3n) is 3.77. The molecule has 4 nitrogen and oxygen atoms in total. The maximum absolute atomic E-state index is 11.8. The van der Waals surface area contributed by atoms with Crippen LogP contribution in [0.5, 0.6) is 0 Å². The molecule has 0 bridgehead atoms. The summed E-state index contributed by atoms with van der Waals surface area (Å²) in [5, 5.41) is 16.9. The Morgan fingerprint density at radius 2 is 2.14 bits per heavy atom. The number of halogens is 2. The molecule has 1 aliphatic heterocycles. The third kappa shape index (κ3) is 4.85. The van der Waals surface area contributed by atoms with Crippen LogP contribution < -0.4 is 10.6 Å². The Labute approximate surface area is 134 Å². The molecule has 1 amide bonds. The van der Waals surface area contributed by atoms with E-state index in [9.17, 15) is 9.90 Å². The van der Waals surface area contributed by atoms with Gasteiger partial charge < -0.3 is 15.7 Å². The van der Waals surface area contributed by atoms with Crippen molar-refractivity contribution in [2.75, 3.05) is 19.6 Å². The largest absolute Gasteiger partial charge is 0.386 e. The molecule has 1 fully saturated rings. The van der Waals surface area contributed by atoms with E-state index in [4.69, 9.17) is 23.2 Å². The first-order valence-corrected chi connectivity index (χ1v) is 7.93.